The normalized spacial score (nSPS) is 21.8. The molecule has 1 aliphatic rings. The fourth-order valence-electron chi connectivity index (χ4n) is 2.59. The molecule has 0 saturated carbocycles. The molecule has 20 heavy (non-hydrogen) atoms. The van der Waals surface area contributed by atoms with Gasteiger partial charge in [0.2, 0.25) is 0 Å². The molecule has 4 nitrogen and oxygen atoms in total. The second-order valence-electron chi connectivity index (χ2n) is 4.76. The predicted molar refractivity (Wildman–Crippen MR) is 72.0 cm³/mol. The van der Waals surface area contributed by atoms with Crippen LogP contribution in [-0.4, -0.2) is 32.7 Å². The molecule has 1 fully saturated rings. The first-order valence-corrected chi connectivity index (χ1v) is 6.69. The number of methoxy groups -OCH3 is 2. The standard InChI is InChI=1S/C15H19FO4/c1-4-12-9(5-6-20-12)15(17)10-7-13(18-2)14(19-3)8-11(10)16/h7-9,12H,4-6H2,1-3H3. The Hall–Kier alpha value is -1.62. The summed E-state index contributed by atoms with van der Waals surface area (Å²) in [4.78, 5) is 12.5. The van der Waals surface area contributed by atoms with Crippen LogP contribution in [0.2, 0.25) is 0 Å². The molecular weight excluding hydrogens is 263 g/mol. The Morgan fingerprint density at radius 1 is 1.35 bits per heavy atom. The van der Waals surface area contributed by atoms with Crippen molar-refractivity contribution in [2.24, 2.45) is 5.92 Å². The first-order valence-electron chi connectivity index (χ1n) is 6.69. The molecule has 1 aromatic carbocycles. The number of ketones is 1. The van der Waals surface area contributed by atoms with E-state index < -0.39 is 5.82 Å². The summed E-state index contributed by atoms with van der Waals surface area (Å²) >= 11 is 0. The number of rotatable bonds is 5. The first kappa shape index (κ1) is 14.8. The topological polar surface area (TPSA) is 44.8 Å². The van der Waals surface area contributed by atoms with Gasteiger partial charge in [0.25, 0.3) is 0 Å². The van der Waals surface area contributed by atoms with Crippen LogP contribution in [0.4, 0.5) is 4.39 Å². The van der Waals surface area contributed by atoms with Gasteiger partial charge in [0.1, 0.15) is 5.82 Å². The summed E-state index contributed by atoms with van der Waals surface area (Å²) in [7, 11) is 2.88. The molecule has 2 atom stereocenters. The lowest BCUT2D eigenvalue weighted by molar-refractivity contribution is 0.0686. The van der Waals surface area contributed by atoms with Crippen LogP contribution in [0.25, 0.3) is 0 Å². The Bertz CT molecular complexity index is 501. The molecule has 0 N–H and O–H groups in total. The van der Waals surface area contributed by atoms with Gasteiger partial charge in [-0.3, -0.25) is 4.79 Å². The summed E-state index contributed by atoms with van der Waals surface area (Å²) in [5, 5.41) is 0. The summed E-state index contributed by atoms with van der Waals surface area (Å²) in [6.45, 7) is 2.51. The minimum absolute atomic E-state index is 0.0385. The van der Waals surface area contributed by atoms with Gasteiger partial charge in [-0.15, -0.1) is 0 Å². The van der Waals surface area contributed by atoms with Gasteiger partial charge >= 0.3 is 0 Å². The van der Waals surface area contributed by atoms with Crippen molar-refractivity contribution in [3.63, 3.8) is 0 Å². The molecule has 5 heteroatoms. The third-order valence-corrected chi connectivity index (χ3v) is 3.69. The lowest BCUT2D eigenvalue weighted by Gasteiger charge is -2.17. The molecule has 1 aromatic rings. The summed E-state index contributed by atoms with van der Waals surface area (Å²) in [6.07, 6.45) is 1.24. The zero-order chi connectivity index (χ0) is 14.7. The van der Waals surface area contributed by atoms with Crippen LogP contribution >= 0.6 is 0 Å². The lowest BCUT2D eigenvalue weighted by atomic mass is 9.90. The van der Waals surface area contributed by atoms with Crippen molar-refractivity contribution in [2.45, 2.75) is 25.9 Å². The monoisotopic (exact) mass is 282 g/mol. The van der Waals surface area contributed by atoms with Gasteiger partial charge in [-0.05, 0) is 18.9 Å². The van der Waals surface area contributed by atoms with Gasteiger partial charge in [0.05, 0.1) is 31.8 Å². The fourth-order valence-corrected chi connectivity index (χ4v) is 2.59. The lowest BCUT2D eigenvalue weighted by Crippen LogP contribution is -2.24. The van der Waals surface area contributed by atoms with E-state index >= 15 is 0 Å². The molecule has 0 aliphatic carbocycles. The van der Waals surface area contributed by atoms with Crippen LogP contribution in [0.5, 0.6) is 11.5 Å². The van der Waals surface area contributed by atoms with Crippen molar-refractivity contribution in [3.8, 4) is 11.5 Å². The Kier molecular flexibility index (Phi) is 4.60. The first-order chi connectivity index (χ1) is 9.62. The van der Waals surface area contributed by atoms with Crippen molar-refractivity contribution in [3.05, 3.63) is 23.5 Å². The van der Waals surface area contributed by atoms with E-state index in [9.17, 15) is 9.18 Å². The number of carbonyl (C=O) groups is 1. The Morgan fingerprint density at radius 3 is 2.60 bits per heavy atom. The second-order valence-corrected chi connectivity index (χ2v) is 4.76. The Balaban J connectivity index is 2.34. The van der Waals surface area contributed by atoms with Gasteiger partial charge < -0.3 is 14.2 Å². The molecule has 1 aliphatic heterocycles. The largest absolute Gasteiger partial charge is 0.493 e. The smallest absolute Gasteiger partial charge is 0.171 e. The zero-order valence-electron chi connectivity index (χ0n) is 11.9. The van der Waals surface area contributed by atoms with Crippen LogP contribution in [0, 0.1) is 11.7 Å². The van der Waals surface area contributed by atoms with Gasteiger partial charge in [0.15, 0.2) is 17.3 Å². The van der Waals surface area contributed by atoms with E-state index in [1.54, 1.807) is 0 Å². The highest BCUT2D eigenvalue weighted by Crippen LogP contribution is 2.33. The summed E-state index contributed by atoms with van der Waals surface area (Å²) < 4.78 is 29.7. The van der Waals surface area contributed by atoms with E-state index in [2.05, 4.69) is 0 Å². The second kappa shape index (κ2) is 6.22. The van der Waals surface area contributed by atoms with Gasteiger partial charge in [-0.1, -0.05) is 6.92 Å². The van der Waals surface area contributed by atoms with E-state index in [1.807, 2.05) is 6.92 Å². The third-order valence-electron chi connectivity index (χ3n) is 3.69. The number of carbonyl (C=O) groups excluding carboxylic acids is 1. The Morgan fingerprint density at radius 2 is 2.00 bits per heavy atom. The number of hydrogen-bond donors (Lipinski definition) is 0. The highest BCUT2D eigenvalue weighted by atomic mass is 19.1. The number of halogens is 1. The van der Waals surface area contributed by atoms with E-state index in [4.69, 9.17) is 14.2 Å². The molecule has 2 rings (SSSR count). The van der Waals surface area contributed by atoms with Crippen LogP contribution in [0.15, 0.2) is 12.1 Å². The van der Waals surface area contributed by atoms with Gasteiger partial charge in [-0.25, -0.2) is 4.39 Å². The molecule has 110 valence electrons. The SMILES string of the molecule is CCC1OCCC1C(=O)c1cc(OC)c(OC)cc1F. The van der Waals surface area contributed by atoms with Gasteiger partial charge in [-0.2, -0.15) is 0 Å². The van der Waals surface area contributed by atoms with E-state index in [-0.39, 0.29) is 29.1 Å². The fraction of sp³-hybridized carbons (Fsp3) is 0.533. The maximum Gasteiger partial charge on any atom is 0.171 e. The highest BCUT2D eigenvalue weighted by Gasteiger charge is 2.34. The summed E-state index contributed by atoms with van der Waals surface area (Å²) in [5.74, 6) is -0.477. The number of ether oxygens (including phenoxy) is 3. The molecule has 1 heterocycles. The summed E-state index contributed by atoms with van der Waals surface area (Å²) in [5.41, 5.74) is 0.0385. The molecular formula is C15H19FO4. The van der Waals surface area contributed by atoms with Gasteiger partial charge in [0, 0.05) is 12.7 Å². The average Bonchev–Trinajstić information content (AvgIpc) is 2.94. The zero-order valence-corrected chi connectivity index (χ0v) is 11.9. The minimum atomic E-state index is -0.589. The molecule has 0 radical (unpaired) electrons. The molecule has 0 amide bonds. The van der Waals surface area contributed by atoms with Crippen molar-refractivity contribution in [1.82, 2.24) is 0 Å². The van der Waals surface area contributed by atoms with Crippen molar-refractivity contribution >= 4 is 5.78 Å². The number of benzene rings is 1. The molecule has 0 bridgehead atoms. The predicted octanol–water partition coefficient (Wildman–Crippen LogP) is 2.84. The van der Waals surface area contributed by atoms with Crippen LogP contribution < -0.4 is 9.47 Å². The van der Waals surface area contributed by atoms with Crippen LogP contribution in [-0.2, 0) is 4.74 Å². The highest BCUT2D eigenvalue weighted by molar-refractivity contribution is 5.99. The van der Waals surface area contributed by atoms with Crippen LogP contribution in [0.1, 0.15) is 30.1 Å². The van der Waals surface area contributed by atoms with E-state index in [1.165, 1.54) is 26.4 Å². The van der Waals surface area contributed by atoms with E-state index in [0.29, 0.717) is 18.8 Å². The average molecular weight is 282 g/mol. The maximum absolute atomic E-state index is 14.1. The minimum Gasteiger partial charge on any atom is -0.493 e. The number of Topliss-reactive ketones (excluding diaryl/α,β-unsaturated/α-hetero) is 1. The number of hydrogen-bond acceptors (Lipinski definition) is 4. The van der Waals surface area contributed by atoms with Crippen LogP contribution in [0.3, 0.4) is 0 Å². The molecule has 0 spiro atoms. The summed E-state index contributed by atoms with van der Waals surface area (Å²) in [6, 6.07) is 2.59. The van der Waals surface area contributed by atoms with Crippen molar-refractivity contribution in [1.29, 1.82) is 0 Å². The quantitative estimate of drug-likeness (QED) is 0.779. The Labute approximate surface area is 117 Å². The molecule has 2 unspecified atom stereocenters. The van der Waals surface area contributed by atoms with Crippen molar-refractivity contribution in [2.75, 3.05) is 20.8 Å². The third kappa shape index (κ3) is 2.63. The molecule has 1 saturated heterocycles. The van der Waals surface area contributed by atoms with E-state index in [0.717, 1.165) is 6.42 Å². The maximum atomic E-state index is 14.1. The molecule has 0 aromatic heterocycles. The van der Waals surface area contributed by atoms with Crippen molar-refractivity contribution < 1.29 is 23.4 Å².